The Morgan fingerprint density at radius 1 is 0.786 bits per heavy atom. The van der Waals surface area contributed by atoms with Gasteiger partial charge in [0, 0.05) is 6.08 Å². The SMILES string of the molecule is CCCCCCCCCCCCCCCC=CC(=O)OC(CC(=O)O)C(=O)O. The Hall–Kier alpha value is -1.85. The Balaban J connectivity index is 3.53. The van der Waals surface area contributed by atoms with Crippen LogP contribution in [0.3, 0.4) is 0 Å². The molecular formula is C22H38O6. The van der Waals surface area contributed by atoms with Crippen LogP contribution in [0.5, 0.6) is 0 Å². The molecule has 0 saturated heterocycles. The second kappa shape index (κ2) is 18.5. The minimum absolute atomic E-state index is 0.726. The molecule has 0 aromatic carbocycles. The molecule has 0 saturated carbocycles. The Bertz CT molecular complexity index is 458. The van der Waals surface area contributed by atoms with Crippen molar-refractivity contribution in [3.05, 3.63) is 12.2 Å². The molecular weight excluding hydrogens is 360 g/mol. The zero-order chi connectivity index (χ0) is 21.0. The molecule has 0 aromatic rings. The molecule has 0 aliphatic carbocycles. The van der Waals surface area contributed by atoms with E-state index in [0.29, 0.717) is 0 Å². The third-order valence-corrected chi connectivity index (χ3v) is 4.62. The van der Waals surface area contributed by atoms with Crippen LogP contribution in [-0.4, -0.2) is 34.2 Å². The van der Waals surface area contributed by atoms with Gasteiger partial charge in [0.25, 0.3) is 0 Å². The van der Waals surface area contributed by atoms with Crippen molar-refractivity contribution in [3.63, 3.8) is 0 Å². The van der Waals surface area contributed by atoms with Gasteiger partial charge in [-0.2, -0.15) is 0 Å². The normalized spacial score (nSPS) is 12.2. The topological polar surface area (TPSA) is 101 Å². The number of rotatable bonds is 19. The van der Waals surface area contributed by atoms with E-state index in [9.17, 15) is 14.4 Å². The first kappa shape index (κ1) is 26.1. The number of hydrogen-bond acceptors (Lipinski definition) is 4. The molecule has 6 nitrogen and oxygen atoms in total. The van der Waals surface area contributed by atoms with Crippen LogP contribution in [-0.2, 0) is 19.1 Å². The summed E-state index contributed by atoms with van der Waals surface area (Å²) < 4.78 is 4.64. The molecule has 0 heterocycles. The van der Waals surface area contributed by atoms with Crippen LogP contribution in [0.1, 0.15) is 103 Å². The lowest BCUT2D eigenvalue weighted by molar-refractivity contribution is -0.164. The van der Waals surface area contributed by atoms with Gasteiger partial charge in [-0.15, -0.1) is 0 Å². The summed E-state index contributed by atoms with van der Waals surface area (Å²) in [7, 11) is 0. The molecule has 2 N–H and O–H groups in total. The van der Waals surface area contributed by atoms with E-state index < -0.39 is 30.4 Å². The predicted octanol–water partition coefficient (Wildman–Crippen LogP) is 5.50. The summed E-state index contributed by atoms with van der Waals surface area (Å²) in [6.07, 6.45) is 17.8. The fraction of sp³-hybridized carbons (Fsp3) is 0.773. The summed E-state index contributed by atoms with van der Waals surface area (Å²) in [6.45, 7) is 2.24. The number of esters is 1. The van der Waals surface area contributed by atoms with Crippen molar-refractivity contribution < 1.29 is 29.3 Å². The lowest BCUT2D eigenvalue weighted by Gasteiger charge is -2.09. The summed E-state index contributed by atoms with van der Waals surface area (Å²) >= 11 is 0. The first-order valence-corrected chi connectivity index (χ1v) is 10.8. The Morgan fingerprint density at radius 2 is 1.25 bits per heavy atom. The van der Waals surface area contributed by atoms with E-state index in [-0.39, 0.29) is 0 Å². The summed E-state index contributed by atoms with van der Waals surface area (Å²) in [4.78, 5) is 32.9. The van der Waals surface area contributed by atoms with E-state index in [1.54, 1.807) is 6.08 Å². The average Bonchev–Trinajstić information content (AvgIpc) is 2.64. The van der Waals surface area contributed by atoms with Crippen molar-refractivity contribution in [3.8, 4) is 0 Å². The fourth-order valence-corrected chi connectivity index (χ4v) is 2.98. The molecule has 28 heavy (non-hydrogen) atoms. The van der Waals surface area contributed by atoms with Crippen molar-refractivity contribution in [2.75, 3.05) is 0 Å². The minimum atomic E-state index is -1.65. The van der Waals surface area contributed by atoms with Gasteiger partial charge in [0.05, 0.1) is 6.42 Å². The van der Waals surface area contributed by atoms with Gasteiger partial charge in [-0.05, 0) is 12.8 Å². The highest BCUT2D eigenvalue weighted by Crippen LogP contribution is 2.13. The third-order valence-electron chi connectivity index (χ3n) is 4.62. The molecule has 1 atom stereocenters. The van der Waals surface area contributed by atoms with Crippen LogP contribution >= 0.6 is 0 Å². The number of carbonyl (C=O) groups excluding carboxylic acids is 1. The Morgan fingerprint density at radius 3 is 1.68 bits per heavy atom. The average molecular weight is 399 g/mol. The van der Waals surface area contributed by atoms with Crippen molar-refractivity contribution in [1.29, 1.82) is 0 Å². The second-order valence-corrected chi connectivity index (χ2v) is 7.30. The Kier molecular flexibility index (Phi) is 17.3. The maximum absolute atomic E-state index is 11.5. The van der Waals surface area contributed by atoms with Gasteiger partial charge < -0.3 is 14.9 Å². The molecule has 0 aliphatic heterocycles. The second-order valence-electron chi connectivity index (χ2n) is 7.30. The molecule has 0 fully saturated rings. The molecule has 1 unspecified atom stereocenters. The lowest BCUT2D eigenvalue weighted by Crippen LogP contribution is -2.28. The number of carboxylic acid groups (broad SMARTS) is 2. The molecule has 0 amide bonds. The smallest absolute Gasteiger partial charge is 0.345 e. The van der Waals surface area contributed by atoms with Gasteiger partial charge in [0.1, 0.15) is 0 Å². The van der Waals surface area contributed by atoms with Gasteiger partial charge in [-0.25, -0.2) is 9.59 Å². The predicted molar refractivity (Wildman–Crippen MR) is 109 cm³/mol. The number of allylic oxidation sites excluding steroid dienone is 1. The summed E-state index contributed by atoms with van der Waals surface area (Å²) in [5.74, 6) is -3.60. The number of hydrogen-bond donors (Lipinski definition) is 2. The van der Waals surface area contributed by atoms with Crippen molar-refractivity contribution in [2.45, 2.75) is 109 Å². The highest BCUT2D eigenvalue weighted by atomic mass is 16.6. The number of ether oxygens (including phenoxy) is 1. The van der Waals surface area contributed by atoms with E-state index in [0.717, 1.165) is 19.3 Å². The molecule has 0 bridgehead atoms. The van der Waals surface area contributed by atoms with Crippen LogP contribution in [0.25, 0.3) is 0 Å². The molecule has 0 rings (SSSR count). The van der Waals surface area contributed by atoms with Gasteiger partial charge in [0.15, 0.2) is 0 Å². The Labute approximate surface area is 169 Å². The molecule has 6 heteroatoms. The van der Waals surface area contributed by atoms with Gasteiger partial charge in [-0.1, -0.05) is 90.0 Å². The highest BCUT2D eigenvalue weighted by Gasteiger charge is 2.24. The number of carbonyl (C=O) groups is 3. The molecule has 0 aliphatic rings. The molecule has 0 aromatic heterocycles. The van der Waals surface area contributed by atoms with Gasteiger partial charge in [0.2, 0.25) is 6.10 Å². The molecule has 0 spiro atoms. The van der Waals surface area contributed by atoms with Crippen LogP contribution in [0.15, 0.2) is 12.2 Å². The maximum atomic E-state index is 11.5. The van der Waals surface area contributed by atoms with Crippen molar-refractivity contribution in [2.24, 2.45) is 0 Å². The van der Waals surface area contributed by atoms with Gasteiger partial charge >= 0.3 is 17.9 Å². The lowest BCUT2D eigenvalue weighted by atomic mass is 10.0. The largest absolute Gasteiger partial charge is 0.481 e. The summed E-state index contributed by atoms with van der Waals surface area (Å²) in [5.41, 5.74) is 0. The van der Waals surface area contributed by atoms with Crippen LogP contribution in [0, 0.1) is 0 Å². The summed E-state index contributed by atoms with van der Waals surface area (Å²) in [6, 6.07) is 0. The van der Waals surface area contributed by atoms with Crippen LogP contribution in [0.4, 0.5) is 0 Å². The zero-order valence-corrected chi connectivity index (χ0v) is 17.4. The van der Waals surface area contributed by atoms with Crippen LogP contribution < -0.4 is 0 Å². The van der Waals surface area contributed by atoms with Crippen LogP contribution in [0.2, 0.25) is 0 Å². The van der Waals surface area contributed by atoms with E-state index in [1.807, 2.05) is 0 Å². The monoisotopic (exact) mass is 398 g/mol. The number of carboxylic acids is 2. The van der Waals surface area contributed by atoms with E-state index in [2.05, 4.69) is 11.7 Å². The van der Waals surface area contributed by atoms with Crippen molar-refractivity contribution >= 4 is 17.9 Å². The summed E-state index contributed by atoms with van der Waals surface area (Å²) in [5, 5.41) is 17.4. The standard InChI is InChI=1S/C22H38O6/c1-2-3-4-5-6-7-8-9-10-11-12-13-14-15-16-17-21(25)28-19(22(26)27)18-20(23)24/h16-17,19H,2-15,18H2,1H3,(H,23,24)(H,26,27). The maximum Gasteiger partial charge on any atom is 0.345 e. The minimum Gasteiger partial charge on any atom is -0.481 e. The number of unbranched alkanes of at least 4 members (excludes halogenated alkanes) is 13. The van der Waals surface area contributed by atoms with Crippen molar-refractivity contribution in [1.82, 2.24) is 0 Å². The quantitative estimate of drug-likeness (QED) is 0.169. The van der Waals surface area contributed by atoms with Gasteiger partial charge in [-0.3, -0.25) is 4.79 Å². The van der Waals surface area contributed by atoms with E-state index in [1.165, 1.54) is 76.7 Å². The first-order valence-electron chi connectivity index (χ1n) is 10.8. The molecule has 0 radical (unpaired) electrons. The highest BCUT2D eigenvalue weighted by molar-refractivity contribution is 5.87. The number of aliphatic carboxylic acids is 2. The van der Waals surface area contributed by atoms with E-state index in [4.69, 9.17) is 10.2 Å². The first-order chi connectivity index (χ1) is 13.5. The van der Waals surface area contributed by atoms with E-state index >= 15 is 0 Å². The molecule has 162 valence electrons. The fourth-order valence-electron chi connectivity index (χ4n) is 2.98. The zero-order valence-electron chi connectivity index (χ0n) is 17.4. The third kappa shape index (κ3) is 17.6.